The normalized spacial score (nSPS) is 16.1. The first-order valence-corrected chi connectivity index (χ1v) is 6.58. The second-order valence-corrected chi connectivity index (χ2v) is 4.63. The zero-order chi connectivity index (χ0) is 13.8. The number of likely N-dealkylation sites (tertiary alicyclic amines) is 1. The lowest BCUT2D eigenvalue weighted by atomic mass is 10.1. The summed E-state index contributed by atoms with van der Waals surface area (Å²) in [6.45, 7) is 1.31. The van der Waals surface area contributed by atoms with Crippen LogP contribution in [0.3, 0.4) is 0 Å². The molecule has 1 aliphatic rings. The maximum atomic E-state index is 12.1. The van der Waals surface area contributed by atoms with Gasteiger partial charge in [0.1, 0.15) is 6.10 Å². The number of carbonyl (C=O) groups is 1. The van der Waals surface area contributed by atoms with E-state index in [0.717, 1.165) is 12.8 Å². The minimum Gasteiger partial charge on any atom is -0.473 e. The Balaban J connectivity index is 1.53. The van der Waals surface area contributed by atoms with Crippen molar-refractivity contribution in [2.45, 2.75) is 18.9 Å². The number of amides is 1. The predicted octanol–water partition coefficient (Wildman–Crippen LogP) is 1.75. The molecule has 0 saturated carbocycles. The van der Waals surface area contributed by atoms with E-state index >= 15 is 0 Å². The molecule has 0 aliphatic carbocycles. The van der Waals surface area contributed by atoms with E-state index in [0.29, 0.717) is 24.7 Å². The number of hydrogen-bond acceptors (Lipinski definition) is 5. The largest absolute Gasteiger partial charge is 0.473 e. The molecule has 3 heterocycles. The van der Waals surface area contributed by atoms with Gasteiger partial charge >= 0.3 is 0 Å². The van der Waals surface area contributed by atoms with E-state index in [1.807, 2.05) is 0 Å². The molecular weight excluding hydrogens is 258 g/mol. The Kier molecular flexibility index (Phi) is 3.62. The number of carbonyl (C=O) groups excluding carboxylic acids is 1. The number of ether oxygens (including phenoxy) is 1. The predicted molar refractivity (Wildman–Crippen MR) is 70.3 cm³/mol. The fourth-order valence-corrected chi connectivity index (χ4v) is 2.25. The summed E-state index contributed by atoms with van der Waals surface area (Å²) < 4.78 is 10.9. The zero-order valence-corrected chi connectivity index (χ0v) is 10.9. The second-order valence-electron chi connectivity index (χ2n) is 4.63. The number of nitrogens with zero attached hydrogens (tertiary/aromatic N) is 3. The van der Waals surface area contributed by atoms with Crippen molar-refractivity contribution >= 4 is 5.91 Å². The highest BCUT2D eigenvalue weighted by Gasteiger charge is 2.26. The molecule has 2 aromatic heterocycles. The molecule has 1 aliphatic heterocycles. The van der Waals surface area contributed by atoms with Crippen molar-refractivity contribution in [3.8, 4) is 5.88 Å². The average Bonchev–Trinajstić information content (AvgIpc) is 3.03. The summed E-state index contributed by atoms with van der Waals surface area (Å²) in [4.78, 5) is 21.9. The van der Waals surface area contributed by atoms with Crippen LogP contribution in [0.15, 0.2) is 41.4 Å². The number of piperidine rings is 1. The number of rotatable bonds is 3. The first-order valence-electron chi connectivity index (χ1n) is 6.58. The van der Waals surface area contributed by atoms with Crippen molar-refractivity contribution in [1.82, 2.24) is 14.9 Å². The molecule has 0 atom stereocenters. The van der Waals surface area contributed by atoms with E-state index in [1.54, 1.807) is 35.6 Å². The van der Waals surface area contributed by atoms with Crippen LogP contribution in [0.5, 0.6) is 5.88 Å². The van der Waals surface area contributed by atoms with E-state index < -0.39 is 0 Å². The van der Waals surface area contributed by atoms with Crippen LogP contribution >= 0.6 is 0 Å². The molecule has 0 unspecified atom stereocenters. The van der Waals surface area contributed by atoms with Gasteiger partial charge in [0.15, 0.2) is 5.76 Å². The maximum absolute atomic E-state index is 12.1. The van der Waals surface area contributed by atoms with Crippen molar-refractivity contribution in [1.29, 1.82) is 0 Å². The van der Waals surface area contributed by atoms with Crippen molar-refractivity contribution in [2.24, 2.45) is 0 Å². The van der Waals surface area contributed by atoms with E-state index in [4.69, 9.17) is 9.15 Å². The van der Waals surface area contributed by atoms with Gasteiger partial charge in [-0.05, 0) is 12.1 Å². The van der Waals surface area contributed by atoms with Crippen LogP contribution in [-0.2, 0) is 0 Å². The van der Waals surface area contributed by atoms with E-state index in [1.165, 1.54) is 6.26 Å². The van der Waals surface area contributed by atoms with Crippen LogP contribution in [0.25, 0.3) is 0 Å². The lowest BCUT2D eigenvalue weighted by Crippen LogP contribution is -2.41. The summed E-state index contributed by atoms with van der Waals surface area (Å²) >= 11 is 0. The van der Waals surface area contributed by atoms with Crippen LogP contribution in [-0.4, -0.2) is 40.0 Å². The summed E-state index contributed by atoms with van der Waals surface area (Å²) in [6.07, 6.45) is 7.96. The molecule has 1 amide bonds. The first-order chi connectivity index (χ1) is 9.83. The van der Waals surface area contributed by atoms with E-state index in [2.05, 4.69) is 9.97 Å². The van der Waals surface area contributed by atoms with Gasteiger partial charge in [-0.25, -0.2) is 4.98 Å². The van der Waals surface area contributed by atoms with Gasteiger partial charge in [-0.1, -0.05) is 0 Å². The number of furan rings is 1. The van der Waals surface area contributed by atoms with Crippen molar-refractivity contribution < 1.29 is 13.9 Å². The summed E-state index contributed by atoms with van der Waals surface area (Å²) in [6, 6.07) is 3.40. The molecule has 6 heteroatoms. The molecule has 0 spiro atoms. The third-order valence-corrected chi connectivity index (χ3v) is 3.29. The smallest absolute Gasteiger partial charge is 0.289 e. The molecule has 20 heavy (non-hydrogen) atoms. The molecule has 1 fully saturated rings. The average molecular weight is 273 g/mol. The van der Waals surface area contributed by atoms with Crippen molar-refractivity contribution in [3.63, 3.8) is 0 Å². The van der Waals surface area contributed by atoms with Gasteiger partial charge in [0.05, 0.1) is 12.5 Å². The van der Waals surface area contributed by atoms with Crippen LogP contribution in [0.4, 0.5) is 0 Å². The molecule has 0 N–H and O–H groups in total. The second kappa shape index (κ2) is 5.73. The van der Waals surface area contributed by atoms with Gasteiger partial charge < -0.3 is 14.1 Å². The van der Waals surface area contributed by atoms with Crippen LogP contribution in [0.2, 0.25) is 0 Å². The SMILES string of the molecule is O=C(c1ccco1)N1CCC(Oc2cnccn2)CC1. The standard InChI is InChI=1S/C14H15N3O3/c18-14(12-2-1-9-19-12)17-7-3-11(4-8-17)20-13-10-15-5-6-16-13/h1-2,5-6,9-11H,3-4,7-8H2. The van der Waals surface area contributed by atoms with Crippen LogP contribution in [0.1, 0.15) is 23.4 Å². The van der Waals surface area contributed by atoms with Crippen LogP contribution in [0, 0.1) is 0 Å². The molecule has 0 radical (unpaired) electrons. The highest BCUT2D eigenvalue weighted by Crippen LogP contribution is 2.18. The lowest BCUT2D eigenvalue weighted by Gasteiger charge is -2.31. The number of hydrogen-bond donors (Lipinski definition) is 0. The molecule has 0 aromatic carbocycles. The number of aromatic nitrogens is 2. The minimum absolute atomic E-state index is 0.0621. The summed E-state index contributed by atoms with van der Waals surface area (Å²) in [5.41, 5.74) is 0. The summed E-state index contributed by atoms with van der Waals surface area (Å²) in [7, 11) is 0. The van der Waals surface area contributed by atoms with Crippen molar-refractivity contribution in [3.05, 3.63) is 42.7 Å². The Morgan fingerprint density at radius 1 is 1.35 bits per heavy atom. The Bertz CT molecular complexity index is 548. The van der Waals surface area contributed by atoms with Gasteiger partial charge in [-0.15, -0.1) is 0 Å². The summed E-state index contributed by atoms with van der Waals surface area (Å²) in [5.74, 6) is 0.856. The van der Waals surface area contributed by atoms with Gasteiger partial charge in [0, 0.05) is 38.3 Å². The lowest BCUT2D eigenvalue weighted by molar-refractivity contribution is 0.0559. The van der Waals surface area contributed by atoms with Gasteiger partial charge in [-0.3, -0.25) is 9.78 Å². The Morgan fingerprint density at radius 3 is 2.85 bits per heavy atom. The molecule has 2 aromatic rings. The van der Waals surface area contributed by atoms with Gasteiger partial charge in [-0.2, -0.15) is 0 Å². The van der Waals surface area contributed by atoms with Crippen molar-refractivity contribution in [2.75, 3.05) is 13.1 Å². The first kappa shape index (κ1) is 12.7. The van der Waals surface area contributed by atoms with Gasteiger partial charge in [0.25, 0.3) is 5.91 Å². The quantitative estimate of drug-likeness (QED) is 0.852. The molecular formula is C14H15N3O3. The van der Waals surface area contributed by atoms with Gasteiger partial charge in [0.2, 0.25) is 5.88 Å². The Labute approximate surface area is 116 Å². The molecule has 0 bridgehead atoms. The molecule has 1 saturated heterocycles. The fourth-order valence-electron chi connectivity index (χ4n) is 2.25. The molecule has 6 nitrogen and oxygen atoms in total. The third-order valence-electron chi connectivity index (χ3n) is 3.29. The van der Waals surface area contributed by atoms with E-state index in [-0.39, 0.29) is 12.0 Å². The highest BCUT2D eigenvalue weighted by atomic mass is 16.5. The fraction of sp³-hybridized carbons (Fsp3) is 0.357. The molecule has 3 rings (SSSR count). The molecule has 104 valence electrons. The van der Waals surface area contributed by atoms with E-state index in [9.17, 15) is 4.79 Å². The Morgan fingerprint density at radius 2 is 2.20 bits per heavy atom. The maximum Gasteiger partial charge on any atom is 0.289 e. The topological polar surface area (TPSA) is 68.5 Å². The monoisotopic (exact) mass is 273 g/mol. The summed E-state index contributed by atoms with van der Waals surface area (Å²) in [5, 5.41) is 0. The zero-order valence-electron chi connectivity index (χ0n) is 10.9. The third kappa shape index (κ3) is 2.79. The Hall–Kier alpha value is -2.37. The highest BCUT2D eigenvalue weighted by molar-refractivity contribution is 5.91. The van der Waals surface area contributed by atoms with Crippen LogP contribution < -0.4 is 4.74 Å². The minimum atomic E-state index is -0.0621.